The number of fused-ring (bicyclic) bond motifs is 1. The average molecular weight is 616 g/mol. The predicted octanol–water partition coefficient (Wildman–Crippen LogP) is 5.62. The predicted molar refractivity (Wildman–Crippen MR) is 130 cm³/mol. The van der Waals surface area contributed by atoms with E-state index in [1.807, 2.05) is 19.9 Å². The van der Waals surface area contributed by atoms with Gasteiger partial charge in [0.05, 0.1) is 28.7 Å². The van der Waals surface area contributed by atoms with Crippen LogP contribution in [0.15, 0.2) is 47.6 Å². The van der Waals surface area contributed by atoms with Gasteiger partial charge >= 0.3 is 5.97 Å². The Hall–Kier alpha value is -2.04. The first-order valence-electron chi connectivity index (χ1n) is 9.15. The first-order valence-corrected chi connectivity index (χ1v) is 11.5. The molecule has 3 aromatic rings. The second kappa shape index (κ2) is 9.62. The summed E-state index contributed by atoms with van der Waals surface area (Å²) < 4.78 is 13.7. The molecule has 7 nitrogen and oxygen atoms in total. The van der Waals surface area contributed by atoms with Crippen molar-refractivity contribution in [3.8, 4) is 11.5 Å². The van der Waals surface area contributed by atoms with Gasteiger partial charge in [0.1, 0.15) is 5.82 Å². The number of esters is 1. The molecule has 2 aromatic carbocycles. The van der Waals surface area contributed by atoms with E-state index in [0.29, 0.717) is 37.0 Å². The van der Waals surface area contributed by atoms with E-state index in [2.05, 4.69) is 57.9 Å². The van der Waals surface area contributed by atoms with Gasteiger partial charge in [0.25, 0.3) is 5.56 Å². The number of ether oxygens (including phenoxy) is 2. The van der Waals surface area contributed by atoms with E-state index in [-0.39, 0.29) is 17.2 Å². The van der Waals surface area contributed by atoms with Gasteiger partial charge in [-0.15, -0.1) is 0 Å². The summed E-state index contributed by atoms with van der Waals surface area (Å²) in [6.45, 7) is 5.20. The Morgan fingerprint density at radius 1 is 1.19 bits per heavy atom. The first kappa shape index (κ1) is 23.6. The van der Waals surface area contributed by atoms with E-state index < -0.39 is 5.97 Å². The van der Waals surface area contributed by atoms with Crippen LogP contribution in [-0.4, -0.2) is 29.0 Å². The van der Waals surface area contributed by atoms with Crippen LogP contribution in [0.4, 0.5) is 0 Å². The maximum atomic E-state index is 13.2. The zero-order valence-electron chi connectivity index (χ0n) is 17.1. The van der Waals surface area contributed by atoms with Gasteiger partial charge in [0.15, 0.2) is 11.5 Å². The normalized spacial score (nSPS) is 11.5. The molecule has 0 spiro atoms. The molecule has 3 rings (SSSR count). The summed E-state index contributed by atoms with van der Waals surface area (Å²) in [5, 5.41) is 4.89. The number of hydrogen-bond acceptors (Lipinski definition) is 6. The third-order valence-corrected chi connectivity index (χ3v) is 6.92. The lowest BCUT2D eigenvalue weighted by atomic mass is 10.2. The molecule has 31 heavy (non-hydrogen) atoms. The molecule has 0 saturated carbocycles. The highest BCUT2D eigenvalue weighted by atomic mass is 79.9. The standard InChI is InChI=1S/C21H18Br3N3O4/c1-10(2)20-26-15-6-5-13(22)8-14(15)21(29)27(20)25-9-12-7-16(30-4)19(31-11(3)28)18(24)17(12)23/h5-10H,1-4H3. The lowest BCUT2D eigenvalue weighted by Crippen LogP contribution is -2.23. The Labute approximate surface area is 203 Å². The van der Waals surface area contributed by atoms with E-state index in [1.54, 1.807) is 18.2 Å². The van der Waals surface area contributed by atoms with Crippen molar-refractivity contribution in [3.05, 3.63) is 59.4 Å². The summed E-state index contributed by atoms with van der Waals surface area (Å²) in [4.78, 5) is 29.2. The second-order valence-electron chi connectivity index (χ2n) is 6.87. The van der Waals surface area contributed by atoms with E-state index in [0.717, 1.165) is 4.47 Å². The number of hydrogen-bond donors (Lipinski definition) is 0. The summed E-state index contributed by atoms with van der Waals surface area (Å²) in [6.07, 6.45) is 1.52. The number of halogens is 3. The largest absolute Gasteiger partial charge is 0.493 e. The summed E-state index contributed by atoms with van der Waals surface area (Å²) in [5.41, 5.74) is 0.945. The third-order valence-electron chi connectivity index (χ3n) is 4.28. The molecule has 0 aliphatic rings. The number of aromatic nitrogens is 2. The Balaban J connectivity index is 2.18. The third kappa shape index (κ3) is 4.91. The fraction of sp³-hybridized carbons (Fsp3) is 0.238. The van der Waals surface area contributed by atoms with Crippen molar-refractivity contribution >= 4 is 70.9 Å². The lowest BCUT2D eigenvalue weighted by molar-refractivity contribution is -0.132. The van der Waals surface area contributed by atoms with Crippen molar-refractivity contribution < 1.29 is 14.3 Å². The van der Waals surface area contributed by atoms with Crippen molar-refractivity contribution in [2.45, 2.75) is 26.7 Å². The molecule has 0 bridgehead atoms. The molecule has 0 aliphatic heterocycles. The minimum atomic E-state index is -0.478. The van der Waals surface area contributed by atoms with Crippen LogP contribution in [0.25, 0.3) is 10.9 Å². The van der Waals surface area contributed by atoms with Gasteiger partial charge in [0.2, 0.25) is 0 Å². The molecule has 10 heteroatoms. The number of rotatable bonds is 5. The van der Waals surface area contributed by atoms with Gasteiger partial charge in [-0.2, -0.15) is 9.78 Å². The van der Waals surface area contributed by atoms with Crippen LogP contribution in [-0.2, 0) is 4.79 Å². The average Bonchev–Trinajstić information content (AvgIpc) is 2.71. The topological polar surface area (TPSA) is 82.8 Å². The number of methoxy groups -OCH3 is 1. The number of carbonyl (C=O) groups is 1. The maximum Gasteiger partial charge on any atom is 0.308 e. The molecule has 0 amide bonds. The van der Waals surface area contributed by atoms with E-state index in [4.69, 9.17) is 9.47 Å². The summed E-state index contributed by atoms with van der Waals surface area (Å²) in [6, 6.07) is 7.02. The smallest absolute Gasteiger partial charge is 0.308 e. The highest BCUT2D eigenvalue weighted by Gasteiger charge is 2.19. The SMILES string of the molecule is COc1cc(C=Nn2c(C(C)C)nc3ccc(Br)cc3c2=O)c(Br)c(Br)c1OC(C)=O. The molecule has 0 unspecified atom stereocenters. The van der Waals surface area contributed by atoms with Crippen LogP contribution in [0, 0.1) is 0 Å². The fourth-order valence-electron chi connectivity index (χ4n) is 2.86. The zero-order chi connectivity index (χ0) is 22.9. The van der Waals surface area contributed by atoms with Gasteiger partial charge < -0.3 is 9.47 Å². The van der Waals surface area contributed by atoms with Gasteiger partial charge in [-0.25, -0.2) is 4.98 Å². The van der Waals surface area contributed by atoms with Crippen molar-refractivity contribution in [2.24, 2.45) is 5.10 Å². The molecular formula is C21H18Br3N3O4. The van der Waals surface area contributed by atoms with Crippen molar-refractivity contribution in [2.75, 3.05) is 7.11 Å². The van der Waals surface area contributed by atoms with Crippen LogP contribution in [0.1, 0.15) is 38.1 Å². The van der Waals surface area contributed by atoms with Gasteiger partial charge in [-0.3, -0.25) is 9.59 Å². The minimum absolute atomic E-state index is 0.0334. The lowest BCUT2D eigenvalue weighted by Gasteiger charge is -2.14. The highest BCUT2D eigenvalue weighted by molar-refractivity contribution is 9.13. The molecule has 1 heterocycles. The maximum absolute atomic E-state index is 13.2. The van der Waals surface area contributed by atoms with Crippen molar-refractivity contribution in [1.82, 2.24) is 9.66 Å². The first-order chi connectivity index (χ1) is 14.6. The molecule has 0 radical (unpaired) electrons. The monoisotopic (exact) mass is 613 g/mol. The van der Waals surface area contributed by atoms with Crippen LogP contribution in [0.2, 0.25) is 0 Å². The Morgan fingerprint density at radius 2 is 1.90 bits per heavy atom. The molecule has 0 saturated heterocycles. The molecule has 0 atom stereocenters. The Bertz CT molecular complexity index is 1270. The van der Waals surface area contributed by atoms with E-state index in [9.17, 15) is 9.59 Å². The van der Waals surface area contributed by atoms with Crippen LogP contribution in [0.3, 0.4) is 0 Å². The highest BCUT2D eigenvalue weighted by Crippen LogP contribution is 2.42. The van der Waals surface area contributed by atoms with Crippen molar-refractivity contribution in [1.29, 1.82) is 0 Å². The van der Waals surface area contributed by atoms with Gasteiger partial charge in [-0.1, -0.05) is 29.8 Å². The fourth-order valence-corrected chi connectivity index (χ4v) is 4.12. The Morgan fingerprint density at radius 3 is 2.52 bits per heavy atom. The van der Waals surface area contributed by atoms with Gasteiger partial charge in [0, 0.05) is 27.4 Å². The van der Waals surface area contributed by atoms with Gasteiger partial charge in [-0.05, 0) is 56.1 Å². The Kier molecular flexibility index (Phi) is 7.33. The summed E-state index contributed by atoms with van der Waals surface area (Å²) >= 11 is 10.3. The second-order valence-corrected chi connectivity index (χ2v) is 9.37. The molecule has 0 fully saturated rings. The number of benzene rings is 2. The molecule has 0 N–H and O–H groups in total. The molecule has 0 aliphatic carbocycles. The number of nitrogens with zero attached hydrogens (tertiary/aromatic N) is 3. The van der Waals surface area contributed by atoms with Crippen LogP contribution >= 0.6 is 47.8 Å². The van der Waals surface area contributed by atoms with E-state index >= 15 is 0 Å². The summed E-state index contributed by atoms with van der Waals surface area (Å²) in [7, 11) is 1.47. The quantitative estimate of drug-likeness (QED) is 0.211. The van der Waals surface area contributed by atoms with E-state index in [1.165, 1.54) is 24.9 Å². The molecule has 1 aromatic heterocycles. The summed E-state index contributed by atoms with van der Waals surface area (Å²) in [5.74, 6) is 0.609. The van der Waals surface area contributed by atoms with Crippen molar-refractivity contribution in [3.63, 3.8) is 0 Å². The zero-order valence-corrected chi connectivity index (χ0v) is 21.8. The number of carbonyl (C=O) groups excluding carboxylic acids is 1. The van der Waals surface area contributed by atoms with Crippen LogP contribution < -0.4 is 15.0 Å². The molecular weight excluding hydrogens is 598 g/mol. The van der Waals surface area contributed by atoms with Crippen LogP contribution in [0.5, 0.6) is 11.5 Å². The molecule has 162 valence electrons. The minimum Gasteiger partial charge on any atom is -0.493 e.